The minimum atomic E-state index is -3.64. The van der Waals surface area contributed by atoms with Crippen LogP contribution in [0.2, 0.25) is 0 Å². The average molecular weight is 523 g/mol. The van der Waals surface area contributed by atoms with Crippen LogP contribution in [0, 0.1) is 20.8 Å². The lowest BCUT2D eigenvalue weighted by Gasteiger charge is -2.57. The molecule has 8 heteroatoms. The van der Waals surface area contributed by atoms with E-state index in [4.69, 9.17) is 4.74 Å². The predicted octanol–water partition coefficient (Wildman–Crippen LogP) is 4.28. The average Bonchev–Trinajstić information content (AvgIpc) is 3.21. The second kappa shape index (κ2) is 10.3. The summed E-state index contributed by atoms with van der Waals surface area (Å²) < 4.78 is 36.4. The zero-order chi connectivity index (χ0) is 26.3. The zero-order valence-electron chi connectivity index (χ0n) is 22.5. The van der Waals surface area contributed by atoms with Crippen molar-refractivity contribution in [1.82, 2.24) is 18.8 Å². The van der Waals surface area contributed by atoms with Crippen LogP contribution in [0.5, 0.6) is 0 Å². The minimum Gasteiger partial charge on any atom is -0.383 e. The molecule has 0 radical (unpaired) electrons. The molecule has 3 atom stereocenters. The Kier molecular flexibility index (Phi) is 7.29. The molecular weight excluding hydrogens is 484 g/mol. The van der Waals surface area contributed by atoms with Crippen LogP contribution in [0.1, 0.15) is 41.3 Å². The second-order valence-electron chi connectivity index (χ2n) is 10.5. The number of hydrogen-bond donors (Lipinski definition) is 0. The summed E-state index contributed by atoms with van der Waals surface area (Å²) in [5.74, 6) is 0.898. The number of nitrogens with zero attached hydrogens (tertiary/aromatic N) is 4. The van der Waals surface area contributed by atoms with E-state index in [1.165, 1.54) is 34.0 Å². The maximum atomic E-state index is 13.7. The van der Waals surface area contributed by atoms with Gasteiger partial charge in [0.05, 0.1) is 12.8 Å². The summed E-state index contributed by atoms with van der Waals surface area (Å²) >= 11 is 0. The van der Waals surface area contributed by atoms with Crippen LogP contribution in [0.25, 0.3) is 11.1 Å². The second-order valence-corrected chi connectivity index (χ2v) is 12.4. The summed E-state index contributed by atoms with van der Waals surface area (Å²) in [5, 5.41) is 0.263. The smallest absolute Gasteiger partial charge is 0.260 e. The molecule has 3 heterocycles. The van der Waals surface area contributed by atoms with Gasteiger partial charge in [-0.3, -0.25) is 4.90 Å². The molecule has 2 aliphatic rings. The fourth-order valence-electron chi connectivity index (χ4n) is 6.08. The maximum Gasteiger partial charge on any atom is 0.260 e. The van der Waals surface area contributed by atoms with E-state index in [-0.39, 0.29) is 23.0 Å². The largest absolute Gasteiger partial charge is 0.383 e. The summed E-state index contributed by atoms with van der Waals surface area (Å²) in [6, 6.07) is 15.6. The molecule has 2 fully saturated rings. The van der Waals surface area contributed by atoms with Crippen LogP contribution >= 0.6 is 0 Å². The summed E-state index contributed by atoms with van der Waals surface area (Å²) in [6.45, 7) is 8.74. The summed E-state index contributed by atoms with van der Waals surface area (Å²) in [5.41, 5.74) is 6.29. The summed E-state index contributed by atoms with van der Waals surface area (Å²) in [4.78, 5) is 6.70. The molecule has 2 aliphatic heterocycles. The molecule has 37 heavy (non-hydrogen) atoms. The number of hydrogen-bond acceptors (Lipinski definition) is 5. The number of fused-ring (bicyclic) bond motifs is 1. The number of ether oxygens (including phenoxy) is 1. The Balaban J connectivity index is 1.45. The highest BCUT2D eigenvalue weighted by molar-refractivity contribution is 7.89. The number of aryl methyl sites for hydroxylation is 2. The quantitative estimate of drug-likeness (QED) is 0.484. The number of benzene rings is 2. The van der Waals surface area contributed by atoms with Gasteiger partial charge >= 0.3 is 0 Å². The Bertz CT molecular complexity index is 1370. The third-order valence-corrected chi connectivity index (χ3v) is 10.4. The number of imidazole rings is 1. The van der Waals surface area contributed by atoms with Crippen molar-refractivity contribution < 1.29 is 13.2 Å². The van der Waals surface area contributed by atoms with Gasteiger partial charge in [-0.05, 0) is 68.0 Å². The Labute approximate surface area is 221 Å². The van der Waals surface area contributed by atoms with Gasteiger partial charge in [-0.25, -0.2) is 13.4 Å². The van der Waals surface area contributed by atoms with E-state index >= 15 is 0 Å². The topological polar surface area (TPSA) is 67.7 Å². The van der Waals surface area contributed by atoms with Gasteiger partial charge in [0.25, 0.3) is 10.0 Å². The van der Waals surface area contributed by atoms with Gasteiger partial charge in [-0.2, -0.15) is 4.31 Å². The SMILES string of the molecule is COC[C@@H]1[C@@H](c2ccc(-c3cccc(C)c3C)cc2)[C@@H]2CN(S(=O)(=O)c3cnc(C)n3C)CCCCN12. The third kappa shape index (κ3) is 4.65. The first-order valence-electron chi connectivity index (χ1n) is 13.1. The van der Waals surface area contributed by atoms with E-state index in [9.17, 15) is 8.42 Å². The van der Waals surface area contributed by atoms with E-state index in [0.717, 1.165) is 19.4 Å². The van der Waals surface area contributed by atoms with Crippen molar-refractivity contribution in [3.8, 4) is 11.1 Å². The van der Waals surface area contributed by atoms with Crippen LogP contribution in [-0.4, -0.2) is 72.6 Å². The number of aromatic nitrogens is 2. The fraction of sp³-hybridized carbons (Fsp3) is 0.483. The molecular formula is C29H38N4O3S. The molecule has 198 valence electrons. The summed E-state index contributed by atoms with van der Waals surface area (Å²) in [6.07, 6.45) is 3.29. The molecule has 5 rings (SSSR count). The highest BCUT2D eigenvalue weighted by Gasteiger charge is 2.50. The molecule has 0 amide bonds. The molecule has 2 aromatic carbocycles. The third-order valence-electron chi connectivity index (χ3n) is 8.48. The van der Waals surface area contributed by atoms with Gasteiger partial charge in [0.1, 0.15) is 5.82 Å². The van der Waals surface area contributed by atoms with Crippen molar-refractivity contribution in [1.29, 1.82) is 0 Å². The van der Waals surface area contributed by atoms with Crippen molar-refractivity contribution in [3.05, 3.63) is 71.2 Å². The van der Waals surface area contributed by atoms with E-state index in [1.807, 2.05) is 6.92 Å². The van der Waals surface area contributed by atoms with Gasteiger partial charge in [0, 0.05) is 45.2 Å². The Morgan fingerprint density at radius 2 is 1.76 bits per heavy atom. The first-order valence-corrected chi connectivity index (χ1v) is 14.6. The minimum absolute atomic E-state index is 0.108. The van der Waals surface area contributed by atoms with Crippen molar-refractivity contribution in [3.63, 3.8) is 0 Å². The van der Waals surface area contributed by atoms with Crippen LogP contribution in [-0.2, 0) is 21.8 Å². The van der Waals surface area contributed by atoms with Gasteiger partial charge < -0.3 is 9.30 Å². The van der Waals surface area contributed by atoms with Crippen LogP contribution in [0.3, 0.4) is 0 Å². The number of sulfonamides is 1. The summed E-state index contributed by atoms with van der Waals surface area (Å²) in [7, 11) is -0.128. The van der Waals surface area contributed by atoms with Crippen molar-refractivity contribution in [2.75, 3.05) is 33.4 Å². The molecule has 0 aliphatic carbocycles. The van der Waals surface area contributed by atoms with Crippen LogP contribution in [0.15, 0.2) is 53.7 Å². The van der Waals surface area contributed by atoms with E-state index < -0.39 is 10.0 Å². The van der Waals surface area contributed by atoms with Gasteiger partial charge in [0.2, 0.25) is 0 Å². The van der Waals surface area contributed by atoms with E-state index in [0.29, 0.717) is 25.5 Å². The molecule has 0 unspecified atom stereocenters. The molecule has 3 aromatic rings. The predicted molar refractivity (Wildman–Crippen MR) is 146 cm³/mol. The highest BCUT2D eigenvalue weighted by atomic mass is 32.2. The van der Waals surface area contributed by atoms with Gasteiger partial charge in [0.15, 0.2) is 5.03 Å². The van der Waals surface area contributed by atoms with Crippen LogP contribution in [0.4, 0.5) is 0 Å². The van der Waals surface area contributed by atoms with E-state index in [1.54, 1.807) is 23.0 Å². The first-order chi connectivity index (χ1) is 17.7. The Hall–Kier alpha value is -2.52. The van der Waals surface area contributed by atoms with Gasteiger partial charge in [-0.1, -0.05) is 42.5 Å². The molecule has 0 N–H and O–H groups in total. The Morgan fingerprint density at radius 1 is 1.03 bits per heavy atom. The number of methoxy groups -OCH3 is 1. The molecule has 0 spiro atoms. The number of rotatable bonds is 6. The van der Waals surface area contributed by atoms with E-state index in [2.05, 4.69) is 66.2 Å². The fourth-order valence-corrected chi connectivity index (χ4v) is 7.73. The maximum absolute atomic E-state index is 13.7. The van der Waals surface area contributed by atoms with Crippen molar-refractivity contribution in [2.45, 2.75) is 56.6 Å². The van der Waals surface area contributed by atoms with Gasteiger partial charge in [-0.15, -0.1) is 0 Å². The zero-order valence-corrected chi connectivity index (χ0v) is 23.3. The standard InChI is InChI=1S/C29H38N4O3S/c1-20-9-8-10-25(21(20)2)23-11-13-24(14-12-23)29-26-18-32(15-6-7-16-33(26)27(29)19-36-5)37(34,35)28-17-30-22(3)31(28)4/h8-14,17,26-27,29H,6-7,15-16,18-19H2,1-5H3/t26-,27+,29-/m0/s1. The lowest BCUT2D eigenvalue weighted by atomic mass is 9.74. The monoisotopic (exact) mass is 522 g/mol. The molecule has 1 aromatic heterocycles. The van der Waals surface area contributed by atoms with Crippen LogP contribution < -0.4 is 0 Å². The van der Waals surface area contributed by atoms with Crippen molar-refractivity contribution >= 4 is 10.0 Å². The highest BCUT2D eigenvalue weighted by Crippen LogP contribution is 2.43. The Morgan fingerprint density at radius 3 is 2.43 bits per heavy atom. The molecule has 7 nitrogen and oxygen atoms in total. The molecule has 2 saturated heterocycles. The normalized spacial score (nSPS) is 23.2. The molecule has 0 bridgehead atoms. The lowest BCUT2D eigenvalue weighted by Crippen LogP contribution is -2.68. The molecule has 0 saturated carbocycles. The lowest BCUT2D eigenvalue weighted by molar-refractivity contribution is -0.0635. The van der Waals surface area contributed by atoms with Crippen molar-refractivity contribution in [2.24, 2.45) is 7.05 Å². The first kappa shape index (κ1) is 26.1.